The van der Waals surface area contributed by atoms with E-state index in [9.17, 15) is 9.90 Å². The van der Waals surface area contributed by atoms with E-state index in [0.29, 0.717) is 6.61 Å². The molecule has 0 radical (unpaired) electrons. The van der Waals surface area contributed by atoms with Crippen LogP contribution < -0.4 is 28.3 Å². The van der Waals surface area contributed by atoms with Crippen molar-refractivity contribution >= 4 is 24.3 Å². The first-order valence-corrected chi connectivity index (χ1v) is 12.1. The predicted octanol–water partition coefficient (Wildman–Crippen LogP) is 2.84. The number of aliphatic imine (C=N–C) groups is 1. The molecule has 11 nitrogen and oxygen atoms in total. The molecule has 0 aromatic heterocycles. The van der Waals surface area contributed by atoms with Crippen molar-refractivity contribution in [2.75, 3.05) is 6.61 Å². The third kappa shape index (κ3) is 6.38. The van der Waals surface area contributed by atoms with Crippen LogP contribution in [0.1, 0.15) is 27.9 Å². The highest BCUT2D eigenvalue weighted by Crippen LogP contribution is 2.33. The summed E-state index contributed by atoms with van der Waals surface area (Å²) in [6.45, 7) is 0.513. The molecular weight excluding hydrogens is 496 g/mol. The number of nitrogens with two attached hydrogens (primary N) is 3. The molecule has 1 saturated heterocycles. The second-order valence-corrected chi connectivity index (χ2v) is 8.65. The van der Waals surface area contributed by atoms with Crippen molar-refractivity contribution < 1.29 is 14.6 Å². The number of carbonyl (C=O) groups excluding carboxylic acids is 1. The zero-order chi connectivity index (χ0) is 27.7. The van der Waals surface area contributed by atoms with Gasteiger partial charge in [-0.25, -0.2) is 15.8 Å². The van der Waals surface area contributed by atoms with Gasteiger partial charge in [-0.2, -0.15) is 0 Å². The molecule has 1 unspecified atom stereocenters. The number of ether oxygens (including phenoxy) is 1. The second kappa shape index (κ2) is 12.5. The van der Waals surface area contributed by atoms with Crippen molar-refractivity contribution in [3.05, 3.63) is 113 Å². The Hall–Kier alpha value is -4.36. The van der Waals surface area contributed by atoms with Crippen LogP contribution in [0.15, 0.2) is 111 Å². The molecule has 11 heteroatoms. The zero-order valence-electron chi connectivity index (χ0n) is 21.1. The highest BCUT2D eigenvalue weighted by molar-refractivity contribution is 6.05. The molecule has 9 N–H and O–H groups in total. The van der Waals surface area contributed by atoms with E-state index < -0.39 is 17.4 Å². The summed E-state index contributed by atoms with van der Waals surface area (Å²) in [6, 6.07) is 26.3. The van der Waals surface area contributed by atoms with E-state index in [4.69, 9.17) is 22.2 Å². The fraction of sp³-hybridized carbons (Fsp3) is 0.143. The molecule has 0 saturated carbocycles. The van der Waals surface area contributed by atoms with Gasteiger partial charge < -0.3 is 9.84 Å². The minimum absolute atomic E-state index is 0.0815. The van der Waals surface area contributed by atoms with Crippen molar-refractivity contribution in [1.82, 2.24) is 10.9 Å². The van der Waals surface area contributed by atoms with Gasteiger partial charge in [0.1, 0.15) is 12.1 Å². The molecule has 0 aliphatic carbocycles. The minimum Gasteiger partial charge on any atom is -0.507 e. The van der Waals surface area contributed by atoms with Crippen LogP contribution in [0, 0.1) is 0 Å². The van der Waals surface area contributed by atoms with Gasteiger partial charge in [0.15, 0.2) is 0 Å². The largest absolute Gasteiger partial charge is 0.507 e. The maximum absolute atomic E-state index is 11.8. The summed E-state index contributed by atoms with van der Waals surface area (Å²) in [5, 5.41) is 16.4. The number of hydrogen-bond donors (Lipinski definition) is 6. The molecule has 5 rings (SSSR count). The van der Waals surface area contributed by atoms with E-state index in [-0.39, 0.29) is 11.3 Å². The van der Waals surface area contributed by atoms with E-state index in [1.807, 2.05) is 54.6 Å². The number of ketones is 1. The number of hydrogen-bond acceptors (Lipinski definition) is 11. The summed E-state index contributed by atoms with van der Waals surface area (Å²) in [5.41, 5.74) is 15.2. The molecule has 1 atom stereocenters. The quantitative estimate of drug-likeness (QED) is 0.122. The molecule has 39 heavy (non-hydrogen) atoms. The molecule has 2 heterocycles. The Labute approximate surface area is 225 Å². The lowest BCUT2D eigenvalue weighted by Crippen LogP contribution is -2.66. The fourth-order valence-electron chi connectivity index (χ4n) is 4.07. The van der Waals surface area contributed by atoms with Crippen molar-refractivity contribution in [2.24, 2.45) is 32.6 Å². The molecule has 3 aromatic rings. The lowest BCUT2D eigenvalue weighted by molar-refractivity contribution is -0.0756. The van der Waals surface area contributed by atoms with Crippen molar-refractivity contribution in [2.45, 2.75) is 18.1 Å². The highest BCUT2D eigenvalue weighted by Gasteiger charge is 2.39. The van der Waals surface area contributed by atoms with Gasteiger partial charge in [0.25, 0.3) is 5.79 Å². The van der Waals surface area contributed by atoms with Crippen LogP contribution in [-0.2, 0) is 4.74 Å². The predicted molar refractivity (Wildman–Crippen MR) is 149 cm³/mol. The topological polar surface area (TPSA) is 186 Å². The van der Waals surface area contributed by atoms with Crippen molar-refractivity contribution in [3.63, 3.8) is 0 Å². The van der Waals surface area contributed by atoms with Gasteiger partial charge in [-0.15, -0.1) is 10.2 Å². The Kier molecular flexibility index (Phi) is 8.84. The first-order valence-electron chi connectivity index (χ1n) is 12.1. The molecule has 3 aromatic carbocycles. The number of Topliss-reactive ketones (excluding diaryl/α,β-unsaturated/α-hetero) is 1. The van der Waals surface area contributed by atoms with E-state index >= 15 is 0 Å². The second-order valence-electron chi connectivity index (χ2n) is 8.65. The Morgan fingerprint density at radius 1 is 0.897 bits per heavy atom. The molecular formula is C28H30N8O3. The molecule has 0 spiro atoms. The minimum atomic E-state index is -1.72. The molecule has 2 aliphatic heterocycles. The number of rotatable bonds is 6. The van der Waals surface area contributed by atoms with Crippen LogP contribution in [0.3, 0.4) is 0 Å². The monoisotopic (exact) mass is 526 g/mol. The number of para-hydroxylation sites is 1. The summed E-state index contributed by atoms with van der Waals surface area (Å²) in [6.07, 6.45) is 6.06. The molecule has 0 amide bonds. The first-order chi connectivity index (χ1) is 18.9. The Balaban J connectivity index is 0.000000202. The summed E-state index contributed by atoms with van der Waals surface area (Å²) < 4.78 is 5.84. The van der Waals surface area contributed by atoms with Gasteiger partial charge in [-0.3, -0.25) is 22.2 Å². The van der Waals surface area contributed by atoms with Gasteiger partial charge in [-0.05, 0) is 41.3 Å². The summed E-state index contributed by atoms with van der Waals surface area (Å²) in [7, 11) is 0. The van der Waals surface area contributed by atoms with Crippen LogP contribution >= 0.6 is 0 Å². The highest BCUT2D eigenvalue weighted by atomic mass is 16.5. The van der Waals surface area contributed by atoms with Crippen molar-refractivity contribution in [1.29, 1.82) is 0 Å². The summed E-state index contributed by atoms with van der Waals surface area (Å²) >= 11 is 0. The fourth-order valence-corrected chi connectivity index (χ4v) is 4.07. The summed E-state index contributed by atoms with van der Waals surface area (Å²) in [4.78, 5) is 15.5. The van der Waals surface area contributed by atoms with E-state index in [1.165, 1.54) is 12.1 Å². The molecule has 2 aliphatic rings. The maximum Gasteiger partial charge on any atom is 0.287 e. The van der Waals surface area contributed by atoms with Crippen molar-refractivity contribution in [3.8, 4) is 5.75 Å². The van der Waals surface area contributed by atoms with Gasteiger partial charge in [0.05, 0.1) is 12.2 Å². The Morgan fingerprint density at radius 2 is 1.49 bits per heavy atom. The van der Waals surface area contributed by atoms with Crippen LogP contribution in [0.2, 0.25) is 0 Å². The van der Waals surface area contributed by atoms with E-state index in [1.54, 1.807) is 12.1 Å². The zero-order valence-corrected chi connectivity index (χ0v) is 21.1. The number of azo groups is 1. The number of aromatic hydroxyl groups is 1. The molecule has 200 valence electrons. The van der Waals surface area contributed by atoms with Crippen LogP contribution in [-0.4, -0.2) is 35.5 Å². The number of benzene rings is 3. The smallest absolute Gasteiger partial charge is 0.287 e. The lowest BCUT2D eigenvalue weighted by Gasteiger charge is -2.39. The van der Waals surface area contributed by atoms with Crippen LogP contribution in [0.5, 0.6) is 5.75 Å². The number of phenols is 1. The van der Waals surface area contributed by atoms with E-state index in [2.05, 4.69) is 44.3 Å². The normalized spacial score (nSPS) is 21.5. The molecule has 0 bridgehead atoms. The van der Waals surface area contributed by atoms with Gasteiger partial charge in [0, 0.05) is 5.57 Å². The SMILES string of the molecule is NC1(C(=O)c2ccccc2O)N=CN=N1.NNC1(NN)OCCC(=Cc2ccccc2)C1=Cc1ccccc1. The van der Waals surface area contributed by atoms with Gasteiger partial charge >= 0.3 is 0 Å². The number of nitrogens with one attached hydrogen (secondary N) is 2. The third-order valence-corrected chi connectivity index (χ3v) is 6.07. The number of hydrazine groups is 2. The number of phenolic OH excluding ortho intramolecular Hbond substituents is 1. The average Bonchev–Trinajstić information content (AvgIpc) is 3.43. The van der Waals surface area contributed by atoms with Crippen LogP contribution in [0.4, 0.5) is 0 Å². The molecule has 1 fully saturated rings. The maximum atomic E-state index is 11.8. The average molecular weight is 527 g/mol. The Morgan fingerprint density at radius 3 is 2.05 bits per heavy atom. The third-order valence-electron chi connectivity index (χ3n) is 6.07. The summed E-state index contributed by atoms with van der Waals surface area (Å²) in [5.74, 6) is 7.95. The van der Waals surface area contributed by atoms with Gasteiger partial charge in [0.2, 0.25) is 11.6 Å². The standard InChI is InChI=1S/C19H22N4O.C9H8N4O2/c20-22-19(23-21)18(14-16-9-5-2-6-10-16)17(11-12-24-19)13-15-7-3-1-4-8-15;10-9(11-5-12-13-9)8(15)6-3-1-2-4-7(6)14/h1-10,13-14,22-23H,11-12,20-21H2;1-5,14H,10H2. The number of carbonyl (C=O) groups is 1. The van der Waals surface area contributed by atoms with Gasteiger partial charge in [-0.1, -0.05) is 78.9 Å². The van der Waals surface area contributed by atoms with Crippen LogP contribution in [0.25, 0.3) is 12.2 Å². The van der Waals surface area contributed by atoms with E-state index in [0.717, 1.165) is 35.0 Å². The lowest BCUT2D eigenvalue weighted by atomic mass is 9.92. The Bertz CT molecular complexity index is 1390. The first kappa shape index (κ1) is 27.7. The number of nitrogens with zero attached hydrogens (tertiary/aromatic N) is 3.